The first-order valence-corrected chi connectivity index (χ1v) is 5.75. The molecular formula is C13H18N2O4. The lowest BCUT2D eigenvalue weighted by molar-refractivity contribution is -0.119. The van der Waals surface area contributed by atoms with Crippen molar-refractivity contribution >= 4 is 17.6 Å². The van der Waals surface area contributed by atoms with E-state index in [9.17, 15) is 14.7 Å². The number of hydrogen-bond acceptors (Lipinski definition) is 4. The van der Waals surface area contributed by atoms with Crippen LogP contribution >= 0.6 is 0 Å². The number of amides is 1. The molecule has 5 N–H and O–H groups in total. The van der Waals surface area contributed by atoms with Crippen LogP contribution in [-0.4, -0.2) is 28.1 Å². The van der Waals surface area contributed by atoms with Crippen molar-refractivity contribution < 1.29 is 19.8 Å². The Balaban J connectivity index is 2.96. The van der Waals surface area contributed by atoms with Gasteiger partial charge in [-0.05, 0) is 23.6 Å². The standard InChI is InChI=1S/C13H18N2O4/c1-13(2,3)10(14)11(17)15-8-6-7(12(18)19)4-5-9(8)16/h4-6,10,16H,14H2,1-3H3,(H,15,17)(H,18,19)/t10-/m1/s1. The summed E-state index contributed by atoms with van der Waals surface area (Å²) in [5, 5.41) is 20.9. The molecule has 0 aromatic heterocycles. The van der Waals surface area contributed by atoms with Gasteiger partial charge >= 0.3 is 5.97 Å². The lowest BCUT2D eigenvalue weighted by Crippen LogP contribution is -2.45. The minimum atomic E-state index is -1.14. The van der Waals surface area contributed by atoms with E-state index in [4.69, 9.17) is 10.8 Å². The van der Waals surface area contributed by atoms with Gasteiger partial charge in [-0.3, -0.25) is 4.79 Å². The van der Waals surface area contributed by atoms with Gasteiger partial charge in [-0.1, -0.05) is 20.8 Å². The summed E-state index contributed by atoms with van der Waals surface area (Å²) in [6.45, 7) is 5.43. The van der Waals surface area contributed by atoms with E-state index in [0.29, 0.717) is 0 Å². The fourth-order valence-electron chi connectivity index (χ4n) is 1.37. The highest BCUT2D eigenvalue weighted by molar-refractivity contribution is 5.98. The zero-order valence-corrected chi connectivity index (χ0v) is 11.1. The van der Waals surface area contributed by atoms with E-state index >= 15 is 0 Å². The lowest BCUT2D eigenvalue weighted by atomic mass is 9.87. The van der Waals surface area contributed by atoms with Gasteiger partial charge in [0.2, 0.25) is 5.91 Å². The van der Waals surface area contributed by atoms with Gasteiger partial charge in [-0.25, -0.2) is 4.79 Å². The molecule has 1 aromatic rings. The molecule has 1 aromatic carbocycles. The summed E-state index contributed by atoms with van der Waals surface area (Å²) in [4.78, 5) is 22.7. The molecule has 0 saturated heterocycles. The molecule has 0 unspecified atom stereocenters. The summed E-state index contributed by atoms with van der Waals surface area (Å²) in [5.41, 5.74) is 5.34. The Hall–Kier alpha value is -2.08. The van der Waals surface area contributed by atoms with Crippen LogP contribution in [0.3, 0.4) is 0 Å². The number of phenolic OH excluding ortho intramolecular Hbond substituents is 1. The van der Waals surface area contributed by atoms with Crippen LogP contribution < -0.4 is 11.1 Å². The largest absolute Gasteiger partial charge is 0.506 e. The molecule has 0 saturated carbocycles. The van der Waals surface area contributed by atoms with E-state index < -0.39 is 23.3 Å². The van der Waals surface area contributed by atoms with E-state index in [0.717, 1.165) is 0 Å². The van der Waals surface area contributed by atoms with Gasteiger partial charge in [0.1, 0.15) is 5.75 Å². The van der Waals surface area contributed by atoms with Crippen LogP contribution in [0.2, 0.25) is 0 Å². The molecule has 0 heterocycles. The number of aromatic carboxylic acids is 1. The van der Waals surface area contributed by atoms with Crippen molar-refractivity contribution in [2.75, 3.05) is 5.32 Å². The molecule has 6 heteroatoms. The number of benzene rings is 1. The number of rotatable bonds is 3. The summed E-state index contributed by atoms with van der Waals surface area (Å²) in [5.74, 6) is -1.83. The number of nitrogens with two attached hydrogens (primary N) is 1. The second kappa shape index (κ2) is 5.27. The second-order valence-electron chi connectivity index (χ2n) is 5.37. The maximum Gasteiger partial charge on any atom is 0.335 e. The first-order chi connectivity index (χ1) is 8.62. The topological polar surface area (TPSA) is 113 Å². The Labute approximate surface area is 111 Å². The van der Waals surface area contributed by atoms with E-state index in [-0.39, 0.29) is 17.0 Å². The predicted molar refractivity (Wildman–Crippen MR) is 71.1 cm³/mol. The van der Waals surface area contributed by atoms with Gasteiger partial charge in [0.05, 0.1) is 17.3 Å². The maximum atomic E-state index is 11.9. The average Bonchev–Trinajstić information content (AvgIpc) is 2.29. The first-order valence-electron chi connectivity index (χ1n) is 5.75. The number of phenols is 1. The van der Waals surface area contributed by atoms with Crippen LogP contribution in [0.4, 0.5) is 5.69 Å². The molecule has 104 valence electrons. The number of hydrogen-bond donors (Lipinski definition) is 4. The fourth-order valence-corrected chi connectivity index (χ4v) is 1.37. The average molecular weight is 266 g/mol. The lowest BCUT2D eigenvalue weighted by Gasteiger charge is -2.26. The van der Waals surface area contributed by atoms with Gasteiger partial charge < -0.3 is 21.3 Å². The van der Waals surface area contributed by atoms with Crippen LogP contribution in [-0.2, 0) is 4.79 Å². The Bertz CT molecular complexity index is 506. The first kappa shape index (κ1) is 15.0. The van der Waals surface area contributed by atoms with E-state index in [1.54, 1.807) is 0 Å². The molecule has 0 fully saturated rings. The molecule has 1 atom stereocenters. The summed E-state index contributed by atoms with van der Waals surface area (Å²) < 4.78 is 0. The molecule has 0 aliphatic rings. The van der Waals surface area contributed by atoms with Crippen molar-refractivity contribution in [1.82, 2.24) is 0 Å². The second-order valence-corrected chi connectivity index (χ2v) is 5.37. The van der Waals surface area contributed by atoms with Crippen molar-refractivity contribution in [2.45, 2.75) is 26.8 Å². The van der Waals surface area contributed by atoms with Crippen molar-refractivity contribution in [1.29, 1.82) is 0 Å². The fraction of sp³-hybridized carbons (Fsp3) is 0.385. The predicted octanol–water partition coefficient (Wildman–Crippen LogP) is 1.40. The molecule has 1 amide bonds. The van der Waals surface area contributed by atoms with Crippen LogP contribution in [0.25, 0.3) is 0 Å². The molecule has 1 rings (SSSR count). The molecule has 0 radical (unpaired) electrons. The van der Waals surface area contributed by atoms with E-state index in [1.807, 2.05) is 20.8 Å². The normalized spacial score (nSPS) is 12.8. The van der Waals surface area contributed by atoms with Crippen molar-refractivity contribution in [2.24, 2.45) is 11.1 Å². The minimum Gasteiger partial charge on any atom is -0.506 e. The SMILES string of the molecule is CC(C)(C)[C@H](N)C(=O)Nc1cc(C(=O)O)ccc1O. The molecule has 0 aliphatic heterocycles. The summed E-state index contributed by atoms with van der Waals surface area (Å²) in [7, 11) is 0. The number of carboxylic acids is 1. The summed E-state index contributed by atoms with van der Waals surface area (Å²) >= 11 is 0. The monoisotopic (exact) mass is 266 g/mol. The Morgan fingerprint density at radius 1 is 1.32 bits per heavy atom. The maximum absolute atomic E-state index is 11.9. The number of aromatic hydroxyl groups is 1. The van der Waals surface area contributed by atoms with Crippen LogP contribution in [0, 0.1) is 5.41 Å². The summed E-state index contributed by atoms with van der Waals surface area (Å²) in [6, 6.07) is 2.87. The smallest absolute Gasteiger partial charge is 0.335 e. The third-order valence-corrected chi connectivity index (χ3v) is 2.72. The number of carbonyl (C=O) groups excluding carboxylic acids is 1. The number of nitrogens with one attached hydrogen (secondary N) is 1. The third kappa shape index (κ3) is 3.69. The van der Waals surface area contributed by atoms with Gasteiger partial charge in [-0.2, -0.15) is 0 Å². The molecule has 0 spiro atoms. The van der Waals surface area contributed by atoms with Crippen molar-refractivity contribution in [3.63, 3.8) is 0 Å². The highest BCUT2D eigenvalue weighted by Gasteiger charge is 2.28. The molecule has 6 nitrogen and oxygen atoms in total. The number of carboxylic acid groups (broad SMARTS) is 1. The zero-order valence-electron chi connectivity index (χ0n) is 11.1. The Morgan fingerprint density at radius 3 is 2.37 bits per heavy atom. The Morgan fingerprint density at radius 2 is 1.89 bits per heavy atom. The van der Waals surface area contributed by atoms with Gasteiger partial charge in [-0.15, -0.1) is 0 Å². The highest BCUT2D eigenvalue weighted by Crippen LogP contribution is 2.26. The van der Waals surface area contributed by atoms with Crippen LogP contribution in [0.1, 0.15) is 31.1 Å². The quantitative estimate of drug-likeness (QED) is 0.618. The molecule has 0 bridgehead atoms. The van der Waals surface area contributed by atoms with Crippen LogP contribution in [0.5, 0.6) is 5.75 Å². The van der Waals surface area contributed by atoms with Gasteiger partial charge in [0.15, 0.2) is 0 Å². The number of carbonyl (C=O) groups is 2. The third-order valence-electron chi connectivity index (χ3n) is 2.72. The summed E-state index contributed by atoms with van der Waals surface area (Å²) in [6.07, 6.45) is 0. The molecule has 19 heavy (non-hydrogen) atoms. The van der Waals surface area contributed by atoms with Gasteiger partial charge in [0, 0.05) is 0 Å². The minimum absolute atomic E-state index is 0.0302. The Kier molecular flexibility index (Phi) is 4.16. The van der Waals surface area contributed by atoms with Crippen molar-refractivity contribution in [3.8, 4) is 5.75 Å². The highest BCUT2D eigenvalue weighted by atomic mass is 16.4. The number of anilines is 1. The van der Waals surface area contributed by atoms with Crippen molar-refractivity contribution in [3.05, 3.63) is 23.8 Å². The van der Waals surface area contributed by atoms with Crippen LogP contribution in [0.15, 0.2) is 18.2 Å². The molecule has 0 aliphatic carbocycles. The van der Waals surface area contributed by atoms with E-state index in [2.05, 4.69) is 5.32 Å². The van der Waals surface area contributed by atoms with Gasteiger partial charge in [0.25, 0.3) is 0 Å². The molecular weight excluding hydrogens is 248 g/mol. The zero-order chi connectivity index (χ0) is 14.8. The van der Waals surface area contributed by atoms with E-state index in [1.165, 1.54) is 18.2 Å².